The van der Waals surface area contributed by atoms with Crippen LogP contribution < -0.4 is 10.9 Å². The summed E-state index contributed by atoms with van der Waals surface area (Å²) in [5.41, 5.74) is 1.33. The molecular formula is C24H24ClN3O4. The van der Waals surface area contributed by atoms with Crippen LogP contribution in [-0.4, -0.2) is 28.5 Å². The normalized spacial score (nSPS) is 14.2. The second-order valence-corrected chi connectivity index (χ2v) is 8.34. The minimum absolute atomic E-state index is 0.00484. The molecule has 0 saturated heterocycles. The molecule has 1 saturated carbocycles. The van der Waals surface area contributed by atoms with Crippen LogP contribution in [0, 0.1) is 0 Å². The van der Waals surface area contributed by atoms with Crippen LogP contribution in [0.1, 0.15) is 49.2 Å². The zero-order chi connectivity index (χ0) is 22.7. The van der Waals surface area contributed by atoms with Gasteiger partial charge in [0.1, 0.15) is 5.82 Å². The number of aromatic nitrogens is 2. The number of hydrogen-bond acceptors (Lipinski definition) is 5. The zero-order valence-corrected chi connectivity index (χ0v) is 18.5. The molecule has 0 bridgehead atoms. The van der Waals surface area contributed by atoms with Crippen molar-refractivity contribution >= 4 is 34.4 Å². The van der Waals surface area contributed by atoms with Crippen molar-refractivity contribution in [2.75, 3.05) is 7.11 Å². The molecule has 0 aliphatic heterocycles. The first-order chi connectivity index (χ1) is 15.5. The second-order valence-electron chi connectivity index (χ2n) is 7.90. The van der Waals surface area contributed by atoms with Gasteiger partial charge in [-0.15, -0.1) is 0 Å². The molecule has 0 spiro atoms. The van der Waals surface area contributed by atoms with Crippen molar-refractivity contribution in [1.82, 2.24) is 14.9 Å². The van der Waals surface area contributed by atoms with Gasteiger partial charge in [0.05, 0.1) is 30.5 Å². The van der Waals surface area contributed by atoms with Gasteiger partial charge < -0.3 is 10.1 Å². The SMILES string of the molecule is COC(=O)CC(NC(=O)CCc1nc2ccccc2c(=O)n1C1CC1)c1ccc(Cl)cc1. The summed E-state index contributed by atoms with van der Waals surface area (Å²) in [4.78, 5) is 42.3. The monoisotopic (exact) mass is 453 g/mol. The number of esters is 1. The Morgan fingerprint density at radius 1 is 1.19 bits per heavy atom. The second kappa shape index (κ2) is 9.53. The van der Waals surface area contributed by atoms with Gasteiger partial charge in [-0.3, -0.25) is 19.0 Å². The van der Waals surface area contributed by atoms with Crippen molar-refractivity contribution in [3.05, 3.63) is 75.3 Å². The summed E-state index contributed by atoms with van der Waals surface area (Å²) in [6.45, 7) is 0. The van der Waals surface area contributed by atoms with E-state index >= 15 is 0 Å². The van der Waals surface area contributed by atoms with Crippen LogP contribution in [0.3, 0.4) is 0 Å². The number of carbonyl (C=O) groups is 2. The van der Waals surface area contributed by atoms with Gasteiger partial charge in [-0.1, -0.05) is 35.9 Å². The van der Waals surface area contributed by atoms with E-state index in [0.29, 0.717) is 28.2 Å². The van der Waals surface area contributed by atoms with E-state index in [1.807, 2.05) is 18.2 Å². The Kier molecular flexibility index (Phi) is 6.55. The van der Waals surface area contributed by atoms with Gasteiger partial charge in [-0.25, -0.2) is 4.98 Å². The third kappa shape index (κ3) is 4.99. The number of rotatable bonds is 8. The molecule has 3 aromatic rings. The highest BCUT2D eigenvalue weighted by Crippen LogP contribution is 2.35. The Balaban J connectivity index is 1.51. The number of ether oxygens (including phenoxy) is 1. The molecule has 166 valence electrons. The molecule has 1 N–H and O–H groups in total. The molecule has 1 atom stereocenters. The Hall–Kier alpha value is -3.19. The van der Waals surface area contributed by atoms with Crippen LogP contribution >= 0.6 is 11.6 Å². The number of aryl methyl sites for hydroxylation is 1. The van der Waals surface area contributed by atoms with Crippen LogP contribution in [0.4, 0.5) is 0 Å². The van der Waals surface area contributed by atoms with Crippen LogP contribution in [0.5, 0.6) is 0 Å². The van der Waals surface area contributed by atoms with Gasteiger partial charge in [0.25, 0.3) is 5.56 Å². The zero-order valence-electron chi connectivity index (χ0n) is 17.7. The maximum Gasteiger partial charge on any atom is 0.307 e. The van der Waals surface area contributed by atoms with E-state index in [1.54, 1.807) is 34.9 Å². The van der Waals surface area contributed by atoms with E-state index in [4.69, 9.17) is 16.3 Å². The predicted octanol–water partition coefficient (Wildman–Crippen LogP) is 3.74. The van der Waals surface area contributed by atoms with Gasteiger partial charge in [-0.05, 0) is 42.7 Å². The van der Waals surface area contributed by atoms with Gasteiger partial charge in [0, 0.05) is 23.9 Å². The predicted molar refractivity (Wildman–Crippen MR) is 122 cm³/mol. The Morgan fingerprint density at radius 3 is 2.59 bits per heavy atom. The number of hydrogen-bond donors (Lipinski definition) is 1. The fourth-order valence-electron chi connectivity index (χ4n) is 3.77. The maximum absolute atomic E-state index is 13.0. The van der Waals surface area contributed by atoms with Crippen LogP contribution in [0.15, 0.2) is 53.3 Å². The Labute approximate surface area is 190 Å². The fraction of sp³-hybridized carbons (Fsp3) is 0.333. The third-order valence-electron chi connectivity index (χ3n) is 5.57. The first-order valence-corrected chi connectivity index (χ1v) is 11.0. The van der Waals surface area contributed by atoms with E-state index in [1.165, 1.54) is 7.11 Å². The average molecular weight is 454 g/mol. The number of benzene rings is 2. The number of fused-ring (bicyclic) bond motifs is 1. The van der Waals surface area contributed by atoms with Crippen molar-refractivity contribution in [2.24, 2.45) is 0 Å². The molecule has 32 heavy (non-hydrogen) atoms. The van der Waals surface area contributed by atoms with Crippen molar-refractivity contribution in [3.63, 3.8) is 0 Å². The van der Waals surface area contributed by atoms with Gasteiger partial charge in [-0.2, -0.15) is 0 Å². The van der Waals surface area contributed by atoms with Gasteiger partial charge >= 0.3 is 5.97 Å². The lowest BCUT2D eigenvalue weighted by molar-refractivity contribution is -0.141. The number of para-hydroxylation sites is 1. The summed E-state index contributed by atoms with van der Waals surface area (Å²) in [7, 11) is 1.31. The van der Waals surface area contributed by atoms with E-state index < -0.39 is 12.0 Å². The van der Waals surface area contributed by atoms with Crippen LogP contribution in [0.25, 0.3) is 10.9 Å². The first kappa shape index (κ1) is 22.0. The highest BCUT2D eigenvalue weighted by atomic mass is 35.5. The van der Waals surface area contributed by atoms with E-state index in [0.717, 1.165) is 18.4 Å². The lowest BCUT2D eigenvalue weighted by Gasteiger charge is -2.19. The molecule has 1 amide bonds. The highest BCUT2D eigenvalue weighted by molar-refractivity contribution is 6.30. The molecule has 1 aromatic heterocycles. The molecule has 4 rings (SSSR count). The lowest BCUT2D eigenvalue weighted by Crippen LogP contribution is -2.31. The van der Waals surface area contributed by atoms with Crippen molar-refractivity contribution in [3.8, 4) is 0 Å². The molecule has 1 aliphatic rings. The molecule has 1 unspecified atom stereocenters. The van der Waals surface area contributed by atoms with Crippen molar-refractivity contribution in [1.29, 1.82) is 0 Å². The van der Waals surface area contributed by atoms with Crippen molar-refractivity contribution < 1.29 is 14.3 Å². The maximum atomic E-state index is 13.0. The number of amides is 1. The van der Waals surface area contributed by atoms with Gasteiger partial charge in [0.15, 0.2) is 0 Å². The molecular weight excluding hydrogens is 430 g/mol. The molecule has 7 nitrogen and oxygen atoms in total. The molecule has 0 radical (unpaired) electrons. The quantitative estimate of drug-likeness (QED) is 0.525. The molecule has 1 aliphatic carbocycles. The lowest BCUT2D eigenvalue weighted by atomic mass is 10.0. The standard InChI is InChI=1S/C24H24ClN3O4/c1-32-23(30)14-20(15-6-8-16(25)9-7-15)27-22(29)13-12-21-26-19-5-3-2-4-18(19)24(31)28(21)17-10-11-17/h2-9,17,20H,10-14H2,1H3,(H,27,29). The smallest absolute Gasteiger partial charge is 0.307 e. The number of nitrogens with zero attached hydrogens (tertiary/aromatic N) is 2. The first-order valence-electron chi connectivity index (χ1n) is 10.6. The summed E-state index contributed by atoms with van der Waals surface area (Å²) >= 11 is 5.96. The molecule has 8 heteroatoms. The minimum atomic E-state index is -0.539. The fourth-order valence-corrected chi connectivity index (χ4v) is 3.89. The summed E-state index contributed by atoms with van der Waals surface area (Å²) in [5, 5.41) is 4.06. The average Bonchev–Trinajstić information content (AvgIpc) is 3.63. The number of methoxy groups -OCH3 is 1. The molecule has 2 aromatic carbocycles. The van der Waals surface area contributed by atoms with E-state index in [2.05, 4.69) is 10.3 Å². The largest absolute Gasteiger partial charge is 0.469 e. The van der Waals surface area contributed by atoms with E-state index in [9.17, 15) is 14.4 Å². The van der Waals surface area contributed by atoms with Crippen molar-refractivity contribution in [2.45, 2.75) is 44.2 Å². The van der Waals surface area contributed by atoms with Crippen LogP contribution in [-0.2, 0) is 20.7 Å². The molecule has 1 fully saturated rings. The third-order valence-corrected chi connectivity index (χ3v) is 5.83. The van der Waals surface area contributed by atoms with Gasteiger partial charge in [0.2, 0.25) is 5.91 Å². The van der Waals surface area contributed by atoms with Crippen LogP contribution in [0.2, 0.25) is 5.02 Å². The number of halogens is 1. The highest BCUT2D eigenvalue weighted by Gasteiger charge is 2.28. The summed E-state index contributed by atoms with van der Waals surface area (Å²) in [5.74, 6) is -0.0509. The topological polar surface area (TPSA) is 90.3 Å². The number of carbonyl (C=O) groups excluding carboxylic acids is 2. The Bertz CT molecular complexity index is 1200. The number of nitrogens with one attached hydrogen (secondary N) is 1. The summed E-state index contributed by atoms with van der Waals surface area (Å²) in [6, 6.07) is 13.8. The Morgan fingerprint density at radius 2 is 1.91 bits per heavy atom. The summed E-state index contributed by atoms with van der Waals surface area (Å²) in [6.07, 6.45) is 2.36. The minimum Gasteiger partial charge on any atom is -0.469 e. The summed E-state index contributed by atoms with van der Waals surface area (Å²) < 4.78 is 6.51. The van der Waals surface area contributed by atoms with E-state index in [-0.39, 0.29) is 30.3 Å². The molecule has 1 heterocycles.